The predicted octanol–water partition coefficient (Wildman–Crippen LogP) is 2.79. The lowest BCUT2D eigenvalue weighted by Crippen LogP contribution is -2.48. The molecule has 0 aromatic heterocycles. The van der Waals surface area contributed by atoms with Crippen LogP contribution in [0.15, 0.2) is 36.4 Å². The molecule has 1 amide bonds. The summed E-state index contributed by atoms with van der Waals surface area (Å²) in [5.74, 6) is -0.609. The molecule has 1 aromatic rings. The number of carboxylic acid groups (broad SMARTS) is 1. The first-order valence-electron chi connectivity index (χ1n) is 8.55. The van der Waals surface area contributed by atoms with E-state index in [-0.39, 0.29) is 17.7 Å². The van der Waals surface area contributed by atoms with Gasteiger partial charge in [0.1, 0.15) is 5.75 Å². The molecule has 4 aliphatic rings. The van der Waals surface area contributed by atoms with Crippen molar-refractivity contribution < 1.29 is 19.4 Å². The molecule has 0 spiro atoms. The van der Waals surface area contributed by atoms with Crippen LogP contribution in [0.1, 0.15) is 13.3 Å². The van der Waals surface area contributed by atoms with E-state index in [1.165, 1.54) is 0 Å². The van der Waals surface area contributed by atoms with Crippen LogP contribution in [0.5, 0.6) is 5.75 Å². The van der Waals surface area contributed by atoms with Crippen LogP contribution < -0.4 is 10.1 Å². The number of fused-ring (bicyclic) bond motifs is 1. The van der Waals surface area contributed by atoms with Crippen LogP contribution >= 0.6 is 0 Å². The van der Waals surface area contributed by atoms with E-state index in [4.69, 9.17) is 4.74 Å². The van der Waals surface area contributed by atoms with E-state index in [2.05, 4.69) is 11.4 Å². The van der Waals surface area contributed by atoms with Gasteiger partial charge in [-0.15, -0.1) is 0 Å². The summed E-state index contributed by atoms with van der Waals surface area (Å²) in [4.78, 5) is 24.7. The van der Waals surface area contributed by atoms with E-state index in [0.29, 0.717) is 29.9 Å². The molecule has 5 rings (SSSR count). The zero-order valence-electron chi connectivity index (χ0n) is 13.5. The van der Waals surface area contributed by atoms with E-state index in [0.717, 1.165) is 6.42 Å². The monoisotopic (exact) mass is 327 g/mol. The number of anilines is 1. The van der Waals surface area contributed by atoms with Gasteiger partial charge in [-0.25, -0.2) is 0 Å². The fraction of sp³-hybridized carbons (Fsp3) is 0.474. The van der Waals surface area contributed by atoms with Gasteiger partial charge in [-0.3, -0.25) is 9.59 Å². The number of hydrogen-bond acceptors (Lipinski definition) is 3. The lowest BCUT2D eigenvalue weighted by Gasteiger charge is -2.41. The van der Waals surface area contributed by atoms with Crippen molar-refractivity contribution in [2.75, 3.05) is 11.9 Å². The van der Waals surface area contributed by atoms with Crippen LogP contribution in [0.4, 0.5) is 5.69 Å². The Balaban J connectivity index is 1.60. The molecule has 0 heterocycles. The number of allylic oxidation sites excluding steroid dienone is 2. The Morgan fingerprint density at radius 3 is 2.50 bits per heavy atom. The Kier molecular flexibility index (Phi) is 3.59. The molecule has 2 bridgehead atoms. The highest BCUT2D eigenvalue weighted by Gasteiger charge is 2.63. The average molecular weight is 327 g/mol. The lowest BCUT2D eigenvalue weighted by atomic mass is 9.62. The van der Waals surface area contributed by atoms with Crippen LogP contribution in [0.25, 0.3) is 0 Å². The summed E-state index contributed by atoms with van der Waals surface area (Å²) in [6, 6.07) is 7.27. The summed E-state index contributed by atoms with van der Waals surface area (Å²) in [5.41, 5.74) is 0.603. The molecule has 24 heavy (non-hydrogen) atoms. The van der Waals surface area contributed by atoms with Gasteiger partial charge >= 0.3 is 5.97 Å². The third kappa shape index (κ3) is 2.30. The van der Waals surface area contributed by atoms with Crippen molar-refractivity contribution in [3.05, 3.63) is 36.4 Å². The molecule has 126 valence electrons. The minimum absolute atomic E-state index is 0.00427. The van der Waals surface area contributed by atoms with Gasteiger partial charge in [0.05, 0.1) is 24.1 Å². The lowest BCUT2D eigenvalue weighted by molar-refractivity contribution is -0.152. The Morgan fingerprint density at radius 2 is 1.83 bits per heavy atom. The molecule has 6 atom stereocenters. The SMILES string of the molecule is CCOc1ccccc1NC(=O)[C@@H]1[C@@H]2C=C[C@@H]([C@@H]3C[C@H]23)[C@@H]1C(=O)O. The molecule has 0 saturated heterocycles. The quantitative estimate of drug-likeness (QED) is 0.816. The summed E-state index contributed by atoms with van der Waals surface area (Å²) in [6.45, 7) is 2.39. The number of hydrogen-bond donors (Lipinski definition) is 2. The molecular formula is C19H21NO4. The van der Waals surface area contributed by atoms with Gasteiger partial charge in [0.2, 0.25) is 5.91 Å². The van der Waals surface area contributed by atoms with E-state index in [9.17, 15) is 14.7 Å². The third-order valence-electron chi connectivity index (χ3n) is 5.68. The van der Waals surface area contributed by atoms with Crippen LogP contribution in [-0.4, -0.2) is 23.6 Å². The average Bonchev–Trinajstić information content (AvgIpc) is 3.38. The Hall–Kier alpha value is -2.30. The first-order chi connectivity index (χ1) is 11.6. The summed E-state index contributed by atoms with van der Waals surface area (Å²) < 4.78 is 5.55. The first kappa shape index (κ1) is 15.2. The number of benzene rings is 1. The summed E-state index contributed by atoms with van der Waals surface area (Å²) >= 11 is 0. The van der Waals surface area contributed by atoms with Crippen LogP contribution in [0.3, 0.4) is 0 Å². The van der Waals surface area contributed by atoms with Crippen LogP contribution in [0.2, 0.25) is 0 Å². The number of amides is 1. The molecule has 1 aromatic carbocycles. The molecular weight excluding hydrogens is 306 g/mol. The van der Waals surface area contributed by atoms with E-state index >= 15 is 0 Å². The highest BCUT2D eigenvalue weighted by molar-refractivity contribution is 5.97. The fourth-order valence-corrected chi connectivity index (χ4v) is 4.64. The Labute approximate surface area is 140 Å². The highest BCUT2D eigenvalue weighted by Crippen LogP contribution is 2.63. The van der Waals surface area contributed by atoms with Gasteiger partial charge in [0.15, 0.2) is 0 Å². The predicted molar refractivity (Wildman–Crippen MR) is 88.6 cm³/mol. The second-order valence-corrected chi connectivity index (χ2v) is 6.91. The van der Waals surface area contributed by atoms with Crippen LogP contribution in [0, 0.1) is 35.5 Å². The Morgan fingerprint density at radius 1 is 1.17 bits per heavy atom. The molecule has 4 aliphatic carbocycles. The standard InChI is InChI=1S/C19H21NO4/c1-2-24-15-6-4-3-5-14(15)20-18(21)16-10-7-8-11(13-9-12(10)13)17(16)19(22)23/h3-8,10-13,16-17H,2,9H2,1H3,(H,20,21)(H,22,23)/t10-,11+,12-,13+,16-,17+/m1/s1. The minimum Gasteiger partial charge on any atom is -0.492 e. The smallest absolute Gasteiger partial charge is 0.307 e. The number of carbonyl (C=O) groups excluding carboxylic acids is 1. The summed E-state index contributed by atoms with van der Waals surface area (Å²) in [7, 11) is 0. The van der Waals surface area contributed by atoms with Crippen LogP contribution in [-0.2, 0) is 9.59 Å². The van der Waals surface area contributed by atoms with Gasteiger partial charge < -0.3 is 15.2 Å². The second kappa shape index (κ2) is 5.65. The number of ether oxygens (including phenoxy) is 1. The zero-order chi connectivity index (χ0) is 16.8. The normalized spacial score (nSPS) is 35.2. The summed E-state index contributed by atoms with van der Waals surface area (Å²) in [6.07, 6.45) is 5.14. The van der Waals surface area contributed by atoms with Gasteiger partial charge in [-0.05, 0) is 49.1 Å². The molecule has 5 heteroatoms. The molecule has 0 unspecified atom stereocenters. The van der Waals surface area contributed by atoms with E-state index in [1.54, 1.807) is 12.1 Å². The van der Waals surface area contributed by atoms with Crippen molar-refractivity contribution in [2.45, 2.75) is 13.3 Å². The zero-order valence-corrected chi connectivity index (χ0v) is 13.5. The number of carbonyl (C=O) groups is 2. The topological polar surface area (TPSA) is 75.6 Å². The molecule has 2 fully saturated rings. The molecule has 5 nitrogen and oxygen atoms in total. The van der Waals surface area contributed by atoms with Gasteiger partial charge in [0.25, 0.3) is 0 Å². The van der Waals surface area contributed by atoms with Gasteiger partial charge in [-0.2, -0.15) is 0 Å². The van der Waals surface area contributed by atoms with Gasteiger partial charge in [0, 0.05) is 0 Å². The second-order valence-electron chi connectivity index (χ2n) is 6.91. The maximum absolute atomic E-state index is 12.9. The maximum Gasteiger partial charge on any atom is 0.307 e. The number of carboxylic acids is 1. The van der Waals surface area contributed by atoms with E-state index < -0.39 is 17.8 Å². The van der Waals surface area contributed by atoms with Crippen molar-refractivity contribution in [3.8, 4) is 5.75 Å². The minimum atomic E-state index is -0.863. The number of aliphatic carboxylic acids is 1. The molecule has 2 N–H and O–H groups in total. The highest BCUT2D eigenvalue weighted by atomic mass is 16.5. The Bertz CT molecular complexity index is 713. The summed E-state index contributed by atoms with van der Waals surface area (Å²) in [5, 5.41) is 12.6. The van der Waals surface area contributed by atoms with Crippen molar-refractivity contribution in [1.82, 2.24) is 0 Å². The number of para-hydroxylation sites is 2. The first-order valence-corrected chi connectivity index (χ1v) is 8.55. The van der Waals surface area contributed by atoms with E-state index in [1.807, 2.05) is 25.1 Å². The van der Waals surface area contributed by atoms with Crippen molar-refractivity contribution >= 4 is 17.6 Å². The fourth-order valence-electron chi connectivity index (χ4n) is 4.64. The molecule has 2 saturated carbocycles. The third-order valence-corrected chi connectivity index (χ3v) is 5.68. The molecule has 0 aliphatic heterocycles. The maximum atomic E-state index is 12.9. The molecule has 0 radical (unpaired) electrons. The van der Waals surface area contributed by atoms with Crippen molar-refractivity contribution in [3.63, 3.8) is 0 Å². The van der Waals surface area contributed by atoms with Gasteiger partial charge in [-0.1, -0.05) is 24.3 Å². The van der Waals surface area contributed by atoms with Crippen molar-refractivity contribution in [2.24, 2.45) is 35.5 Å². The van der Waals surface area contributed by atoms with Crippen molar-refractivity contribution in [1.29, 1.82) is 0 Å². The largest absolute Gasteiger partial charge is 0.492 e. The number of nitrogens with one attached hydrogen (secondary N) is 1. The number of rotatable bonds is 5.